The first-order valence-electron chi connectivity index (χ1n) is 11.2. The molecule has 3 fully saturated rings. The monoisotopic (exact) mass is 443 g/mol. The number of rotatable bonds is 4. The largest absolute Gasteiger partial charge is 0.434 e. The Morgan fingerprint density at radius 1 is 1.09 bits per heavy atom. The second kappa shape index (κ2) is 9.28. The van der Waals surface area contributed by atoms with Crippen molar-refractivity contribution in [1.82, 2.24) is 15.5 Å². The molecule has 1 aromatic rings. The predicted molar refractivity (Wildman–Crippen MR) is 113 cm³/mol. The van der Waals surface area contributed by atoms with E-state index in [1.54, 1.807) is 23.1 Å². The van der Waals surface area contributed by atoms with Crippen LogP contribution in [0.1, 0.15) is 60.9 Å². The van der Waals surface area contributed by atoms with Gasteiger partial charge >= 0.3 is 5.97 Å². The molecule has 0 aromatic heterocycles. The van der Waals surface area contributed by atoms with Crippen LogP contribution in [0.2, 0.25) is 0 Å². The minimum Gasteiger partial charge on any atom is -0.434 e. The molecule has 3 aliphatic rings. The summed E-state index contributed by atoms with van der Waals surface area (Å²) in [6.45, 7) is 1.90. The van der Waals surface area contributed by atoms with Crippen LogP contribution in [0.4, 0.5) is 0 Å². The molecule has 9 nitrogen and oxygen atoms in total. The molecule has 3 N–H and O–H groups in total. The normalized spacial score (nSPS) is 30.2. The quantitative estimate of drug-likeness (QED) is 0.591. The van der Waals surface area contributed by atoms with Gasteiger partial charge in [-0.25, -0.2) is 0 Å². The highest BCUT2D eigenvalue weighted by atomic mass is 16.6. The van der Waals surface area contributed by atoms with Gasteiger partial charge in [-0.1, -0.05) is 30.5 Å². The lowest BCUT2D eigenvalue weighted by atomic mass is 9.98. The number of aliphatic hydroxyl groups excluding tert-OH is 1. The number of nitrogens with zero attached hydrogens (tertiary/aromatic N) is 1. The maximum Gasteiger partial charge on any atom is 0.310 e. The molecule has 3 saturated heterocycles. The first kappa shape index (κ1) is 22.3. The number of amides is 3. The number of cyclic esters (lactones) is 1. The number of esters is 1. The summed E-state index contributed by atoms with van der Waals surface area (Å²) in [6.07, 6.45) is 2.76. The second-order valence-corrected chi connectivity index (χ2v) is 8.87. The minimum atomic E-state index is -1.38. The second-order valence-electron chi connectivity index (χ2n) is 8.87. The number of ether oxygens (including phenoxy) is 1. The molecule has 3 heterocycles. The van der Waals surface area contributed by atoms with E-state index in [4.69, 9.17) is 0 Å². The highest BCUT2D eigenvalue weighted by Crippen LogP contribution is 2.31. The Labute approximate surface area is 186 Å². The third-order valence-corrected chi connectivity index (χ3v) is 6.53. The van der Waals surface area contributed by atoms with E-state index >= 15 is 0 Å². The Hall–Kier alpha value is -2.94. The first-order valence-corrected chi connectivity index (χ1v) is 11.2. The molecular formula is C23H29N3O6. The molecule has 4 rings (SSSR count). The van der Waals surface area contributed by atoms with Crippen LogP contribution in [-0.4, -0.2) is 64.2 Å². The maximum atomic E-state index is 13.5. The molecule has 9 heteroatoms. The van der Waals surface area contributed by atoms with Crippen molar-refractivity contribution in [3.63, 3.8) is 0 Å². The van der Waals surface area contributed by atoms with E-state index < -0.39 is 36.3 Å². The van der Waals surface area contributed by atoms with Gasteiger partial charge in [0.25, 0.3) is 5.91 Å². The molecular weight excluding hydrogens is 414 g/mol. The summed E-state index contributed by atoms with van der Waals surface area (Å²) in [5.41, 5.74) is 1.45. The lowest BCUT2D eigenvalue weighted by Gasteiger charge is -2.35. The van der Waals surface area contributed by atoms with Crippen molar-refractivity contribution in [1.29, 1.82) is 0 Å². The van der Waals surface area contributed by atoms with E-state index in [1.165, 1.54) is 0 Å². The first-order chi connectivity index (χ1) is 15.3. The number of aliphatic hydroxyl groups is 1. The number of hydrogen-bond acceptors (Lipinski definition) is 6. The fourth-order valence-corrected chi connectivity index (χ4v) is 4.90. The standard InChI is InChI=1S/C23H29N3O6/c1-13-5-4-6-14(11-13)20(28)24-16-8-3-2-7-15-9-10-18(26(15)22(16)30)21(29)25-17-12-19(27)32-23(17)31/h4-6,11,15-18,23,31H,2-3,7-10,12H2,1H3,(H,24,28)(H,25,29)/t15-,16-,17?,18-,23?/m0/s1. The fraction of sp³-hybridized carbons (Fsp3) is 0.565. The van der Waals surface area contributed by atoms with Gasteiger partial charge in [-0.3, -0.25) is 19.2 Å². The Morgan fingerprint density at radius 3 is 2.59 bits per heavy atom. The third kappa shape index (κ3) is 4.62. The molecule has 0 spiro atoms. The number of fused-ring (bicyclic) bond motifs is 1. The average molecular weight is 444 g/mol. The van der Waals surface area contributed by atoms with Crippen LogP contribution in [0.15, 0.2) is 24.3 Å². The van der Waals surface area contributed by atoms with Crippen molar-refractivity contribution >= 4 is 23.7 Å². The van der Waals surface area contributed by atoms with Crippen molar-refractivity contribution in [2.45, 2.75) is 82.3 Å². The van der Waals surface area contributed by atoms with Crippen LogP contribution in [0.5, 0.6) is 0 Å². The summed E-state index contributed by atoms with van der Waals surface area (Å²) in [5.74, 6) is -1.55. The summed E-state index contributed by atoms with van der Waals surface area (Å²) in [5, 5.41) is 15.3. The molecule has 3 amide bonds. The van der Waals surface area contributed by atoms with Gasteiger partial charge in [-0.2, -0.15) is 0 Å². The van der Waals surface area contributed by atoms with Gasteiger partial charge in [-0.15, -0.1) is 0 Å². The number of nitrogens with one attached hydrogen (secondary N) is 2. The zero-order valence-corrected chi connectivity index (χ0v) is 18.1. The van der Waals surface area contributed by atoms with Crippen molar-refractivity contribution in [3.8, 4) is 0 Å². The van der Waals surface area contributed by atoms with E-state index in [2.05, 4.69) is 15.4 Å². The summed E-state index contributed by atoms with van der Waals surface area (Å²) in [6, 6.07) is 4.88. The van der Waals surface area contributed by atoms with Crippen LogP contribution in [0, 0.1) is 6.92 Å². The summed E-state index contributed by atoms with van der Waals surface area (Å²) in [7, 11) is 0. The van der Waals surface area contributed by atoms with Crippen LogP contribution in [-0.2, 0) is 19.1 Å². The Kier molecular flexibility index (Phi) is 6.45. The lowest BCUT2D eigenvalue weighted by molar-refractivity contribution is -0.155. The molecule has 1 aromatic carbocycles. The van der Waals surface area contributed by atoms with Gasteiger partial charge in [0.05, 0.1) is 6.42 Å². The molecule has 2 unspecified atom stereocenters. The molecule has 0 saturated carbocycles. The van der Waals surface area contributed by atoms with Crippen LogP contribution >= 0.6 is 0 Å². The van der Waals surface area contributed by atoms with Crippen molar-refractivity contribution in [3.05, 3.63) is 35.4 Å². The lowest BCUT2D eigenvalue weighted by Crippen LogP contribution is -2.57. The van der Waals surface area contributed by atoms with Crippen molar-refractivity contribution < 1.29 is 29.0 Å². The van der Waals surface area contributed by atoms with E-state index in [9.17, 15) is 24.3 Å². The molecule has 3 aliphatic heterocycles. The number of aryl methyl sites for hydroxylation is 1. The summed E-state index contributed by atoms with van der Waals surface area (Å²) >= 11 is 0. The molecule has 0 radical (unpaired) electrons. The van der Waals surface area contributed by atoms with Gasteiger partial charge in [-0.05, 0) is 44.7 Å². The minimum absolute atomic E-state index is 0.0664. The van der Waals surface area contributed by atoms with Gasteiger partial charge in [0.1, 0.15) is 18.1 Å². The van der Waals surface area contributed by atoms with Crippen molar-refractivity contribution in [2.24, 2.45) is 0 Å². The van der Waals surface area contributed by atoms with Gasteiger partial charge in [0.15, 0.2) is 0 Å². The molecule has 5 atom stereocenters. The van der Waals surface area contributed by atoms with Crippen LogP contribution in [0.3, 0.4) is 0 Å². The Balaban J connectivity index is 1.48. The number of carbonyl (C=O) groups is 4. The Morgan fingerprint density at radius 2 is 1.88 bits per heavy atom. The average Bonchev–Trinajstić information content (AvgIpc) is 3.30. The topological polar surface area (TPSA) is 125 Å². The Bertz CT molecular complexity index is 919. The van der Waals surface area contributed by atoms with Crippen LogP contribution < -0.4 is 10.6 Å². The number of carbonyl (C=O) groups excluding carboxylic acids is 4. The van der Waals surface area contributed by atoms with Crippen LogP contribution in [0.25, 0.3) is 0 Å². The number of hydrogen-bond donors (Lipinski definition) is 3. The van der Waals surface area contributed by atoms with Crippen molar-refractivity contribution in [2.75, 3.05) is 0 Å². The molecule has 0 bridgehead atoms. The molecule has 32 heavy (non-hydrogen) atoms. The highest BCUT2D eigenvalue weighted by molar-refractivity contribution is 5.98. The smallest absolute Gasteiger partial charge is 0.310 e. The van der Waals surface area contributed by atoms with E-state index in [0.29, 0.717) is 24.8 Å². The zero-order chi connectivity index (χ0) is 22.8. The maximum absolute atomic E-state index is 13.5. The van der Waals surface area contributed by atoms with Gasteiger partial charge in [0.2, 0.25) is 18.1 Å². The summed E-state index contributed by atoms with van der Waals surface area (Å²) in [4.78, 5) is 52.2. The van der Waals surface area contributed by atoms with E-state index in [1.807, 2.05) is 13.0 Å². The predicted octanol–water partition coefficient (Wildman–Crippen LogP) is 0.777. The van der Waals surface area contributed by atoms with Gasteiger partial charge in [0, 0.05) is 11.6 Å². The summed E-state index contributed by atoms with van der Waals surface area (Å²) < 4.78 is 4.69. The SMILES string of the molecule is Cc1cccc(C(=O)N[C@H]2CCCC[C@H]3CC[C@@H](C(=O)NC4CC(=O)OC4O)N3C2=O)c1. The molecule has 0 aliphatic carbocycles. The fourth-order valence-electron chi connectivity index (χ4n) is 4.90. The van der Waals surface area contributed by atoms with E-state index in [-0.39, 0.29) is 24.3 Å². The van der Waals surface area contributed by atoms with Gasteiger partial charge < -0.3 is 25.4 Å². The highest BCUT2D eigenvalue weighted by Gasteiger charge is 2.45. The third-order valence-electron chi connectivity index (χ3n) is 6.53. The molecule has 172 valence electrons. The number of benzene rings is 1. The van der Waals surface area contributed by atoms with E-state index in [0.717, 1.165) is 24.8 Å². The zero-order valence-electron chi connectivity index (χ0n) is 18.1.